The molecule has 1 unspecified atom stereocenters. The fourth-order valence-electron chi connectivity index (χ4n) is 4.42. The molecule has 3 heterocycles. The first-order valence-corrected chi connectivity index (χ1v) is 13.4. The average Bonchev–Trinajstić information content (AvgIpc) is 3.20. The van der Waals surface area contributed by atoms with Crippen molar-refractivity contribution in [3.05, 3.63) is 46.1 Å². The molecule has 1 aromatic carbocycles. The number of ether oxygens (including phenoxy) is 1. The van der Waals surface area contributed by atoms with Crippen molar-refractivity contribution in [1.29, 1.82) is 0 Å². The first-order valence-electron chi connectivity index (χ1n) is 11.2. The summed E-state index contributed by atoms with van der Waals surface area (Å²) in [6, 6.07) is 4.58. The van der Waals surface area contributed by atoms with Gasteiger partial charge in [0.2, 0.25) is 21.8 Å². The number of nitrogens with one attached hydrogen (secondary N) is 1. The quantitative estimate of drug-likeness (QED) is 0.603. The van der Waals surface area contributed by atoms with Crippen LogP contribution in [0.5, 0.6) is 0 Å². The number of benzene rings is 1. The van der Waals surface area contributed by atoms with Crippen LogP contribution in [0.4, 0.5) is 9.39 Å². The summed E-state index contributed by atoms with van der Waals surface area (Å²) in [4.78, 5) is 40.0. The zero-order chi connectivity index (χ0) is 25.3. The molecular formula is C23H26FN3O6S2. The molecule has 1 saturated heterocycles. The first-order chi connectivity index (χ1) is 16.6. The number of nitrogens with zero attached hydrogens (tertiary/aromatic N) is 2. The maximum Gasteiger partial charge on any atom is 0.341 e. The van der Waals surface area contributed by atoms with E-state index in [0.717, 1.165) is 22.6 Å². The molecule has 2 aliphatic rings. The lowest BCUT2D eigenvalue weighted by Gasteiger charge is -2.31. The van der Waals surface area contributed by atoms with Crippen LogP contribution in [0, 0.1) is 11.7 Å². The van der Waals surface area contributed by atoms with Gasteiger partial charge in [0.15, 0.2) is 0 Å². The monoisotopic (exact) mass is 523 g/mol. The van der Waals surface area contributed by atoms with E-state index < -0.39 is 33.6 Å². The number of hydrogen-bond acceptors (Lipinski definition) is 7. The standard InChI is InChI=1S/C23H26FN3O6S2/c1-14(28)26-11-9-18-19(13-26)34-22(20(18)23(30)33-2)25-21(29)15-4-3-10-27(12-15)35(31,32)17-7-5-16(24)6-8-17/h5-8,15H,3-4,9-13H2,1-2H3,(H,25,29). The van der Waals surface area contributed by atoms with Crippen LogP contribution in [0.1, 0.15) is 40.6 Å². The Kier molecular flexibility index (Phi) is 7.25. The number of halogens is 1. The summed E-state index contributed by atoms with van der Waals surface area (Å²) >= 11 is 1.23. The Labute approximate surface area is 206 Å². The van der Waals surface area contributed by atoms with E-state index in [4.69, 9.17) is 4.74 Å². The summed E-state index contributed by atoms with van der Waals surface area (Å²) in [6.07, 6.45) is 1.44. The number of hydrogen-bond donors (Lipinski definition) is 1. The Morgan fingerprint density at radius 1 is 1.17 bits per heavy atom. The zero-order valence-electron chi connectivity index (χ0n) is 19.4. The van der Waals surface area contributed by atoms with Gasteiger partial charge in [0, 0.05) is 31.4 Å². The highest BCUT2D eigenvalue weighted by molar-refractivity contribution is 7.89. The normalized spacial score (nSPS) is 18.6. The predicted octanol–water partition coefficient (Wildman–Crippen LogP) is 2.62. The second-order valence-corrected chi connectivity index (χ2v) is 11.6. The second-order valence-electron chi connectivity index (χ2n) is 8.54. The fourth-order valence-corrected chi connectivity index (χ4v) is 7.20. The highest BCUT2D eigenvalue weighted by Gasteiger charge is 2.35. The number of anilines is 1. The highest BCUT2D eigenvalue weighted by Crippen LogP contribution is 2.38. The second kappa shape index (κ2) is 10.0. The number of carbonyl (C=O) groups is 3. The van der Waals surface area contributed by atoms with E-state index in [1.54, 1.807) is 4.90 Å². The number of esters is 1. The van der Waals surface area contributed by atoms with Gasteiger partial charge in [0.1, 0.15) is 10.8 Å². The molecule has 1 atom stereocenters. The Bertz CT molecular complexity index is 1260. The van der Waals surface area contributed by atoms with Crippen molar-refractivity contribution >= 4 is 44.1 Å². The van der Waals surface area contributed by atoms with Crippen molar-refractivity contribution in [2.24, 2.45) is 5.92 Å². The van der Waals surface area contributed by atoms with Gasteiger partial charge in [-0.2, -0.15) is 4.31 Å². The lowest BCUT2D eigenvalue weighted by molar-refractivity contribution is -0.129. The van der Waals surface area contributed by atoms with Crippen molar-refractivity contribution in [1.82, 2.24) is 9.21 Å². The molecule has 0 bridgehead atoms. The molecule has 2 aromatic rings. The summed E-state index contributed by atoms with van der Waals surface area (Å²) in [5.41, 5.74) is 1.05. The van der Waals surface area contributed by atoms with Crippen LogP contribution in [0.3, 0.4) is 0 Å². The van der Waals surface area contributed by atoms with Crippen LogP contribution in [-0.4, -0.2) is 62.2 Å². The largest absolute Gasteiger partial charge is 0.465 e. The van der Waals surface area contributed by atoms with Gasteiger partial charge >= 0.3 is 5.97 Å². The number of thiophene rings is 1. The fraction of sp³-hybridized carbons (Fsp3) is 0.435. The number of amides is 2. The van der Waals surface area contributed by atoms with Gasteiger partial charge < -0.3 is 15.0 Å². The summed E-state index contributed by atoms with van der Waals surface area (Å²) in [6.45, 7) is 2.53. The smallest absolute Gasteiger partial charge is 0.341 e. The zero-order valence-corrected chi connectivity index (χ0v) is 21.0. The van der Waals surface area contributed by atoms with Crippen molar-refractivity contribution in [3.8, 4) is 0 Å². The lowest BCUT2D eigenvalue weighted by Crippen LogP contribution is -2.43. The minimum Gasteiger partial charge on any atom is -0.465 e. The van der Waals surface area contributed by atoms with E-state index >= 15 is 0 Å². The van der Waals surface area contributed by atoms with Gasteiger partial charge in [-0.25, -0.2) is 17.6 Å². The number of piperidine rings is 1. The van der Waals surface area contributed by atoms with E-state index in [0.29, 0.717) is 37.4 Å². The molecule has 1 N–H and O–H groups in total. The third-order valence-electron chi connectivity index (χ3n) is 6.33. The molecule has 1 fully saturated rings. The van der Waals surface area contributed by atoms with Gasteiger partial charge in [-0.15, -0.1) is 11.3 Å². The highest BCUT2D eigenvalue weighted by atomic mass is 32.2. The third-order valence-corrected chi connectivity index (χ3v) is 9.35. The van der Waals surface area contributed by atoms with E-state index in [1.807, 2.05) is 0 Å². The molecule has 4 rings (SSSR count). The van der Waals surface area contributed by atoms with Crippen LogP contribution >= 0.6 is 11.3 Å². The molecule has 35 heavy (non-hydrogen) atoms. The average molecular weight is 524 g/mol. The number of sulfonamides is 1. The maximum absolute atomic E-state index is 13.2. The van der Waals surface area contributed by atoms with E-state index in [9.17, 15) is 27.2 Å². The lowest BCUT2D eigenvalue weighted by atomic mass is 9.98. The number of methoxy groups -OCH3 is 1. The van der Waals surface area contributed by atoms with Crippen LogP contribution in [0.25, 0.3) is 0 Å². The van der Waals surface area contributed by atoms with Crippen LogP contribution in [0.15, 0.2) is 29.2 Å². The molecule has 1 aromatic heterocycles. The summed E-state index contributed by atoms with van der Waals surface area (Å²) in [7, 11) is -2.62. The molecule has 188 valence electrons. The van der Waals surface area contributed by atoms with Crippen molar-refractivity contribution < 1.29 is 31.9 Å². The number of rotatable bonds is 5. The SMILES string of the molecule is COC(=O)c1c(NC(=O)C2CCCN(S(=O)(=O)c3ccc(F)cc3)C2)sc2c1CCN(C(C)=O)C2. The van der Waals surface area contributed by atoms with Crippen LogP contribution in [0.2, 0.25) is 0 Å². The molecule has 2 amide bonds. The summed E-state index contributed by atoms with van der Waals surface area (Å²) in [5, 5.41) is 3.16. The van der Waals surface area contributed by atoms with Crippen LogP contribution in [-0.2, 0) is 37.3 Å². The van der Waals surface area contributed by atoms with Crippen molar-refractivity contribution in [2.45, 2.75) is 37.6 Å². The van der Waals surface area contributed by atoms with Gasteiger partial charge in [0.25, 0.3) is 0 Å². The first kappa shape index (κ1) is 25.3. The molecule has 0 saturated carbocycles. The van der Waals surface area contributed by atoms with Gasteiger partial charge in [-0.1, -0.05) is 0 Å². The van der Waals surface area contributed by atoms with E-state index in [-0.39, 0.29) is 29.5 Å². The predicted molar refractivity (Wildman–Crippen MR) is 127 cm³/mol. The van der Waals surface area contributed by atoms with Crippen LogP contribution < -0.4 is 5.32 Å². The summed E-state index contributed by atoms with van der Waals surface area (Å²) < 4.78 is 45.4. The van der Waals surface area contributed by atoms with E-state index in [1.165, 1.54) is 41.8 Å². The molecule has 0 spiro atoms. The molecular weight excluding hydrogens is 497 g/mol. The molecule has 9 nitrogen and oxygen atoms in total. The maximum atomic E-state index is 13.2. The Morgan fingerprint density at radius 2 is 1.89 bits per heavy atom. The number of fused-ring (bicyclic) bond motifs is 1. The number of carbonyl (C=O) groups excluding carboxylic acids is 3. The van der Waals surface area contributed by atoms with Gasteiger partial charge in [-0.05, 0) is 49.1 Å². The Balaban J connectivity index is 1.54. The Morgan fingerprint density at radius 3 is 2.54 bits per heavy atom. The van der Waals surface area contributed by atoms with Crippen molar-refractivity contribution in [3.63, 3.8) is 0 Å². The minimum atomic E-state index is -3.88. The topological polar surface area (TPSA) is 113 Å². The minimum absolute atomic E-state index is 0.0255. The third kappa shape index (κ3) is 5.09. The summed E-state index contributed by atoms with van der Waals surface area (Å²) in [5.74, 6) is -2.20. The van der Waals surface area contributed by atoms with Gasteiger partial charge in [0.05, 0.1) is 30.0 Å². The molecule has 0 aliphatic carbocycles. The van der Waals surface area contributed by atoms with E-state index in [2.05, 4.69) is 5.32 Å². The van der Waals surface area contributed by atoms with Gasteiger partial charge in [-0.3, -0.25) is 9.59 Å². The molecule has 12 heteroatoms. The Hall–Kier alpha value is -2.83. The molecule has 2 aliphatic heterocycles. The molecule has 0 radical (unpaired) electrons. The van der Waals surface area contributed by atoms with Crippen molar-refractivity contribution in [2.75, 3.05) is 32.1 Å².